The van der Waals surface area contributed by atoms with E-state index in [1.165, 1.54) is 11.8 Å². The topological polar surface area (TPSA) is 89.5 Å². The van der Waals surface area contributed by atoms with Gasteiger partial charge in [0.15, 0.2) is 16.7 Å². The Morgan fingerprint density at radius 2 is 1.64 bits per heavy atom. The van der Waals surface area contributed by atoms with Crippen LogP contribution in [0.3, 0.4) is 0 Å². The van der Waals surface area contributed by atoms with Crippen LogP contribution in [-0.4, -0.2) is 48.7 Å². The van der Waals surface area contributed by atoms with Crippen LogP contribution in [-0.2, 0) is 18.7 Å². The summed E-state index contributed by atoms with van der Waals surface area (Å²) >= 11 is 7.82. The van der Waals surface area contributed by atoms with Gasteiger partial charge in [-0.2, -0.15) is 0 Å². The molecular formula is C29H30ClN5O3S. The quantitative estimate of drug-likeness (QED) is 0.138. The lowest BCUT2D eigenvalue weighted by atomic mass is 10.1. The van der Waals surface area contributed by atoms with Gasteiger partial charge in [0.2, 0.25) is 0 Å². The zero-order chi connectivity index (χ0) is 27.6. The number of hydrogen-bond acceptors (Lipinski definition) is 8. The van der Waals surface area contributed by atoms with E-state index in [9.17, 15) is 4.79 Å². The Morgan fingerprint density at radius 3 is 2.36 bits per heavy atom. The number of rotatable bonds is 12. The molecule has 1 N–H and O–H groups in total. The van der Waals surface area contributed by atoms with Gasteiger partial charge >= 0.3 is 0 Å². The van der Waals surface area contributed by atoms with Gasteiger partial charge in [0, 0.05) is 49.9 Å². The second kappa shape index (κ2) is 13.8. The maximum absolute atomic E-state index is 12.5. The Kier molecular flexibility index (Phi) is 9.99. The summed E-state index contributed by atoms with van der Waals surface area (Å²) in [6.07, 6.45) is 4.21. The number of nitrogens with zero attached hydrogens (tertiary/aromatic N) is 4. The number of thioether (sulfide) groups is 1. The van der Waals surface area contributed by atoms with Crippen molar-refractivity contribution in [3.63, 3.8) is 0 Å². The van der Waals surface area contributed by atoms with E-state index in [0.29, 0.717) is 39.7 Å². The third kappa shape index (κ3) is 8.08. The van der Waals surface area contributed by atoms with Crippen molar-refractivity contribution in [1.82, 2.24) is 20.3 Å². The van der Waals surface area contributed by atoms with Crippen molar-refractivity contribution >= 4 is 35.1 Å². The normalized spacial score (nSPS) is 10.7. The van der Waals surface area contributed by atoms with E-state index in [-0.39, 0.29) is 5.91 Å². The second-order valence-corrected chi connectivity index (χ2v) is 10.0. The first-order chi connectivity index (χ1) is 18.9. The Labute approximate surface area is 237 Å². The summed E-state index contributed by atoms with van der Waals surface area (Å²) < 4.78 is 10.7. The molecule has 0 bridgehead atoms. The molecule has 4 aromatic rings. The minimum atomic E-state index is -0.120. The smallest absolute Gasteiger partial charge is 0.251 e. The molecule has 2 aromatic heterocycles. The fraction of sp³-hybridized carbons (Fsp3) is 0.241. The van der Waals surface area contributed by atoms with Crippen LogP contribution in [0.5, 0.6) is 11.5 Å². The van der Waals surface area contributed by atoms with E-state index >= 15 is 0 Å². The molecule has 0 aliphatic heterocycles. The molecule has 0 aliphatic carbocycles. The molecule has 2 heterocycles. The summed E-state index contributed by atoms with van der Waals surface area (Å²) in [7, 11) is 5.23. The van der Waals surface area contributed by atoms with Crippen LogP contribution in [0.15, 0.2) is 78.2 Å². The zero-order valence-electron chi connectivity index (χ0n) is 22.1. The molecule has 39 heavy (non-hydrogen) atoms. The van der Waals surface area contributed by atoms with Gasteiger partial charge in [-0.15, -0.1) is 0 Å². The predicted octanol–water partition coefficient (Wildman–Crippen LogP) is 5.44. The number of halogens is 1. The highest BCUT2D eigenvalue weighted by Gasteiger charge is 2.11. The lowest BCUT2D eigenvalue weighted by Gasteiger charge is -2.19. The molecular weight excluding hydrogens is 534 g/mol. The highest BCUT2D eigenvalue weighted by atomic mass is 35.5. The average Bonchev–Trinajstić information content (AvgIpc) is 2.97. The van der Waals surface area contributed by atoms with Gasteiger partial charge in [-0.1, -0.05) is 41.6 Å². The summed E-state index contributed by atoms with van der Waals surface area (Å²) in [5, 5.41) is 3.91. The first kappa shape index (κ1) is 28.2. The van der Waals surface area contributed by atoms with Gasteiger partial charge in [0.25, 0.3) is 5.91 Å². The minimum absolute atomic E-state index is 0.120. The average molecular weight is 564 g/mol. The Bertz CT molecular complexity index is 1390. The van der Waals surface area contributed by atoms with Crippen molar-refractivity contribution in [3.05, 3.63) is 100 Å². The third-order valence-corrected chi connectivity index (χ3v) is 7.13. The molecule has 202 valence electrons. The number of benzene rings is 2. The summed E-state index contributed by atoms with van der Waals surface area (Å²) in [4.78, 5) is 27.6. The molecule has 10 heteroatoms. The number of carbonyl (C=O) groups is 1. The number of likely N-dealkylation sites (N-methyl/N-ethyl adjacent to an activating group) is 1. The molecule has 0 unspecified atom stereocenters. The van der Waals surface area contributed by atoms with Gasteiger partial charge in [0.05, 0.1) is 14.2 Å². The largest absolute Gasteiger partial charge is 0.493 e. The lowest BCUT2D eigenvalue weighted by molar-refractivity contribution is 0.0951. The summed E-state index contributed by atoms with van der Waals surface area (Å²) in [5.74, 6) is 2.69. The third-order valence-electron chi connectivity index (χ3n) is 6.02. The standard InChI is InChI=1S/C29H30ClN5O3S/c1-35(15-12-20-6-9-24(37-2)25(16-20)38-3)27-17-26(30)33-29(34-27)39-19-22-4-7-23(8-5-22)28(36)32-18-21-10-13-31-14-11-21/h4-11,13-14,16-17H,12,15,18-19H2,1-3H3,(H,32,36). The monoisotopic (exact) mass is 563 g/mol. The highest BCUT2D eigenvalue weighted by Crippen LogP contribution is 2.28. The second-order valence-electron chi connectivity index (χ2n) is 8.72. The number of anilines is 1. The summed E-state index contributed by atoms with van der Waals surface area (Å²) in [5.41, 5.74) is 3.79. The van der Waals surface area contributed by atoms with Crippen molar-refractivity contribution in [2.75, 3.05) is 32.7 Å². The fourth-order valence-corrected chi connectivity index (χ4v) is 4.82. The molecule has 1 amide bonds. The molecule has 0 aliphatic rings. The zero-order valence-corrected chi connectivity index (χ0v) is 23.6. The van der Waals surface area contributed by atoms with Gasteiger partial charge in [0.1, 0.15) is 11.0 Å². The van der Waals surface area contributed by atoms with Gasteiger partial charge in [-0.05, 0) is 59.5 Å². The number of ether oxygens (including phenoxy) is 2. The molecule has 0 fully saturated rings. The molecule has 0 radical (unpaired) electrons. The van der Waals surface area contributed by atoms with Crippen molar-refractivity contribution in [3.8, 4) is 11.5 Å². The summed E-state index contributed by atoms with van der Waals surface area (Å²) in [6.45, 7) is 1.19. The Hall–Kier alpha value is -3.82. The van der Waals surface area contributed by atoms with Crippen molar-refractivity contribution < 1.29 is 14.3 Å². The molecule has 0 saturated heterocycles. The maximum atomic E-state index is 12.5. The van der Waals surface area contributed by atoms with E-state index in [1.54, 1.807) is 32.7 Å². The van der Waals surface area contributed by atoms with Crippen LogP contribution < -0.4 is 19.7 Å². The SMILES string of the molecule is COc1ccc(CCN(C)c2cc(Cl)nc(SCc3ccc(C(=O)NCc4ccncc4)cc3)n2)cc1OC. The van der Waals surface area contributed by atoms with Gasteiger partial charge < -0.3 is 19.7 Å². The van der Waals surface area contributed by atoms with Crippen molar-refractivity contribution in [2.45, 2.75) is 23.9 Å². The van der Waals surface area contributed by atoms with Crippen LogP contribution in [0.2, 0.25) is 5.15 Å². The van der Waals surface area contributed by atoms with E-state index in [4.69, 9.17) is 26.1 Å². The Morgan fingerprint density at radius 1 is 0.923 bits per heavy atom. The van der Waals surface area contributed by atoms with E-state index in [0.717, 1.165) is 35.5 Å². The Balaban J connectivity index is 1.31. The van der Waals surface area contributed by atoms with Crippen LogP contribution in [0, 0.1) is 0 Å². The van der Waals surface area contributed by atoms with Crippen LogP contribution in [0.4, 0.5) is 5.82 Å². The van der Waals surface area contributed by atoms with Crippen LogP contribution in [0.1, 0.15) is 27.0 Å². The first-order valence-corrected chi connectivity index (χ1v) is 13.7. The van der Waals surface area contributed by atoms with Gasteiger partial charge in [-0.3, -0.25) is 9.78 Å². The number of nitrogens with one attached hydrogen (secondary N) is 1. The fourth-order valence-electron chi connectivity index (χ4n) is 3.78. The molecule has 0 spiro atoms. The van der Waals surface area contributed by atoms with Crippen molar-refractivity contribution in [1.29, 1.82) is 0 Å². The van der Waals surface area contributed by atoms with E-state index < -0.39 is 0 Å². The number of hydrogen-bond donors (Lipinski definition) is 1. The number of amides is 1. The molecule has 0 atom stereocenters. The molecule has 0 saturated carbocycles. The summed E-state index contributed by atoms with van der Waals surface area (Å²) in [6, 6.07) is 19.0. The number of aromatic nitrogens is 3. The first-order valence-electron chi connectivity index (χ1n) is 12.3. The maximum Gasteiger partial charge on any atom is 0.251 e. The van der Waals surface area contributed by atoms with Crippen LogP contribution >= 0.6 is 23.4 Å². The minimum Gasteiger partial charge on any atom is -0.493 e. The number of carbonyl (C=O) groups excluding carboxylic acids is 1. The molecule has 2 aromatic carbocycles. The van der Waals surface area contributed by atoms with Crippen molar-refractivity contribution in [2.24, 2.45) is 0 Å². The predicted molar refractivity (Wildman–Crippen MR) is 155 cm³/mol. The van der Waals surface area contributed by atoms with E-state index in [1.807, 2.05) is 66.5 Å². The number of methoxy groups -OCH3 is 2. The van der Waals surface area contributed by atoms with E-state index in [2.05, 4.69) is 15.3 Å². The molecule has 4 rings (SSSR count). The highest BCUT2D eigenvalue weighted by molar-refractivity contribution is 7.98. The van der Waals surface area contributed by atoms with Crippen LogP contribution in [0.25, 0.3) is 0 Å². The number of pyridine rings is 1. The molecule has 8 nitrogen and oxygen atoms in total. The van der Waals surface area contributed by atoms with Gasteiger partial charge in [-0.25, -0.2) is 9.97 Å². The lowest BCUT2D eigenvalue weighted by Crippen LogP contribution is -2.22.